The van der Waals surface area contributed by atoms with Crippen LogP contribution in [-0.4, -0.2) is 29.2 Å². The zero-order valence-electron chi connectivity index (χ0n) is 6.65. The molecule has 0 spiro atoms. The molecule has 0 aliphatic heterocycles. The molecule has 0 rings (SSSR count). The average Bonchev–Trinajstić information content (AvgIpc) is 2.02. The molecule has 13 heavy (non-hydrogen) atoms. The fourth-order valence-electron chi connectivity index (χ4n) is 0.492. The number of alkyl halides is 1. The third-order valence-electron chi connectivity index (χ3n) is 1.12. The first-order valence-corrected chi connectivity index (χ1v) is 3.17. The van der Waals surface area contributed by atoms with E-state index in [9.17, 15) is 24.1 Å². The molecule has 74 valence electrons. The van der Waals surface area contributed by atoms with Crippen LogP contribution in [0.15, 0.2) is 0 Å². The molecular formula is C5H7FN2O5. The van der Waals surface area contributed by atoms with Crippen LogP contribution in [-0.2, 0) is 14.3 Å². The summed E-state index contributed by atoms with van der Waals surface area (Å²) in [5, 5.41) is 10.0. The second kappa shape index (κ2) is 3.78. The van der Waals surface area contributed by atoms with Crippen LogP contribution in [0.3, 0.4) is 0 Å². The summed E-state index contributed by atoms with van der Waals surface area (Å²) < 4.78 is 16.9. The first-order chi connectivity index (χ1) is 5.87. The van der Waals surface area contributed by atoms with Crippen molar-refractivity contribution in [2.75, 3.05) is 6.61 Å². The second-order valence-corrected chi connectivity index (χ2v) is 1.96. The number of esters is 1. The number of carbonyl (C=O) groups excluding carboxylic acids is 2. The minimum Gasteiger partial charge on any atom is -0.458 e. The lowest BCUT2D eigenvalue weighted by Crippen LogP contribution is -2.53. The Morgan fingerprint density at radius 2 is 2.15 bits per heavy atom. The van der Waals surface area contributed by atoms with Crippen molar-refractivity contribution in [3.05, 3.63) is 10.1 Å². The van der Waals surface area contributed by atoms with Gasteiger partial charge in [0, 0.05) is 0 Å². The molecule has 7 nitrogen and oxygen atoms in total. The van der Waals surface area contributed by atoms with E-state index in [1.165, 1.54) is 6.92 Å². The predicted octanol–water partition coefficient (Wildman–Crippen LogP) is -1.02. The number of nitro groups is 1. The van der Waals surface area contributed by atoms with Gasteiger partial charge in [-0.1, -0.05) is 0 Å². The third kappa shape index (κ3) is 1.89. The van der Waals surface area contributed by atoms with Gasteiger partial charge >= 0.3 is 17.7 Å². The molecule has 0 radical (unpaired) electrons. The highest BCUT2D eigenvalue weighted by Gasteiger charge is 2.60. The van der Waals surface area contributed by atoms with Crippen LogP contribution in [0, 0.1) is 10.1 Å². The van der Waals surface area contributed by atoms with Crippen molar-refractivity contribution in [1.82, 2.24) is 0 Å². The normalized spacial score (nSPS) is 14.3. The van der Waals surface area contributed by atoms with Crippen molar-refractivity contribution in [2.24, 2.45) is 5.73 Å². The summed E-state index contributed by atoms with van der Waals surface area (Å²) in [6.07, 6.45) is 0. The van der Waals surface area contributed by atoms with Gasteiger partial charge in [-0.3, -0.25) is 14.9 Å². The number of halogens is 1. The van der Waals surface area contributed by atoms with Gasteiger partial charge in [0.25, 0.3) is 0 Å². The molecule has 0 heterocycles. The van der Waals surface area contributed by atoms with Gasteiger partial charge in [0.1, 0.15) is 0 Å². The van der Waals surface area contributed by atoms with Crippen LogP contribution in [0.4, 0.5) is 4.39 Å². The maximum atomic E-state index is 13.0. The van der Waals surface area contributed by atoms with E-state index in [1.807, 2.05) is 0 Å². The van der Waals surface area contributed by atoms with E-state index in [1.54, 1.807) is 0 Å². The van der Waals surface area contributed by atoms with E-state index in [0.717, 1.165) is 0 Å². The molecule has 0 fully saturated rings. The minimum absolute atomic E-state index is 0.286. The Labute approximate surface area is 71.8 Å². The maximum Gasteiger partial charge on any atom is 0.533 e. The topological polar surface area (TPSA) is 113 Å². The molecule has 0 aliphatic rings. The lowest BCUT2D eigenvalue weighted by molar-refractivity contribution is -0.570. The van der Waals surface area contributed by atoms with Crippen LogP contribution in [0.1, 0.15) is 6.92 Å². The van der Waals surface area contributed by atoms with Crippen molar-refractivity contribution in [3.63, 3.8) is 0 Å². The summed E-state index contributed by atoms with van der Waals surface area (Å²) in [5.41, 5.74) is 4.35. The Morgan fingerprint density at radius 1 is 1.69 bits per heavy atom. The number of primary amides is 1. The fourth-order valence-corrected chi connectivity index (χ4v) is 0.492. The smallest absolute Gasteiger partial charge is 0.458 e. The molecule has 2 N–H and O–H groups in total. The molecule has 0 aromatic heterocycles. The second-order valence-electron chi connectivity index (χ2n) is 1.96. The summed E-state index contributed by atoms with van der Waals surface area (Å²) in [7, 11) is 0. The Morgan fingerprint density at radius 3 is 2.38 bits per heavy atom. The van der Waals surface area contributed by atoms with Crippen LogP contribution < -0.4 is 5.73 Å². The van der Waals surface area contributed by atoms with Crippen LogP contribution in [0.25, 0.3) is 0 Å². The van der Waals surface area contributed by atoms with Gasteiger partial charge in [-0.25, -0.2) is 4.79 Å². The fraction of sp³-hybridized carbons (Fsp3) is 0.600. The van der Waals surface area contributed by atoms with Crippen molar-refractivity contribution < 1.29 is 23.6 Å². The molecule has 0 aromatic carbocycles. The van der Waals surface area contributed by atoms with Gasteiger partial charge in [-0.15, -0.1) is 4.39 Å². The number of ether oxygens (including phenoxy) is 1. The number of nitrogens with zero attached hydrogens (tertiary/aromatic N) is 1. The monoisotopic (exact) mass is 194 g/mol. The molecule has 0 saturated carbocycles. The quantitative estimate of drug-likeness (QED) is 0.202. The molecule has 0 aliphatic carbocycles. The number of rotatable bonds is 4. The van der Waals surface area contributed by atoms with E-state index in [2.05, 4.69) is 10.5 Å². The van der Waals surface area contributed by atoms with E-state index in [0.29, 0.717) is 0 Å². The highest BCUT2D eigenvalue weighted by atomic mass is 19.1. The first-order valence-electron chi connectivity index (χ1n) is 3.17. The molecule has 0 aromatic rings. The predicted molar refractivity (Wildman–Crippen MR) is 36.7 cm³/mol. The number of amides is 1. The highest BCUT2D eigenvalue weighted by molar-refractivity contribution is 6.03. The molecule has 0 bridgehead atoms. The standard InChI is InChI=1S/C5H7FN2O5/c1-2-13-4(10)5(6,3(7)9)8(11)12/h2H2,1H3,(H2,7,9). The Hall–Kier alpha value is -1.73. The SMILES string of the molecule is CCOC(=O)C(F)(C(N)=O)[N+](=O)[O-]. The summed E-state index contributed by atoms with van der Waals surface area (Å²) in [6, 6.07) is 0. The summed E-state index contributed by atoms with van der Waals surface area (Å²) in [5.74, 6) is -7.90. The van der Waals surface area contributed by atoms with Gasteiger partial charge < -0.3 is 10.5 Å². The number of hydrogen-bond donors (Lipinski definition) is 1. The Bertz CT molecular complexity index is 239. The van der Waals surface area contributed by atoms with Gasteiger partial charge in [-0.05, 0) is 6.92 Å². The Balaban J connectivity index is 4.91. The molecule has 0 saturated heterocycles. The summed E-state index contributed by atoms with van der Waals surface area (Å²) in [4.78, 5) is 29.2. The van der Waals surface area contributed by atoms with Gasteiger partial charge in [-0.2, -0.15) is 0 Å². The molecule has 1 atom stereocenters. The zero-order valence-corrected chi connectivity index (χ0v) is 6.65. The molecule has 1 unspecified atom stereocenters. The van der Waals surface area contributed by atoms with Crippen molar-refractivity contribution in [3.8, 4) is 0 Å². The first kappa shape index (κ1) is 11.3. The lowest BCUT2D eigenvalue weighted by Gasteiger charge is -2.10. The van der Waals surface area contributed by atoms with Gasteiger partial charge in [0.05, 0.1) is 11.5 Å². The van der Waals surface area contributed by atoms with Crippen molar-refractivity contribution >= 4 is 11.9 Å². The maximum absolute atomic E-state index is 13.0. The zero-order chi connectivity index (χ0) is 10.6. The van der Waals surface area contributed by atoms with Gasteiger partial charge in [0.2, 0.25) is 0 Å². The van der Waals surface area contributed by atoms with Crippen molar-refractivity contribution in [1.29, 1.82) is 0 Å². The summed E-state index contributed by atoms with van der Waals surface area (Å²) in [6.45, 7) is 1.02. The number of nitrogens with two attached hydrogens (primary N) is 1. The molecule has 1 amide bonds. The Kier molecular flexibility index (Phi) is 3.28. The lowest BCUT2D eigenvalue weighted by atomic mass is 10.2. The van der Waals surface area contributed by atoms with Crippen LogP contribution in [0.2, 0.25) is 0 Å². The van der Waals surface area contributed by atoms with Crippen LogP contribution >= 0.6 is 0 Å². The number of carbonyl (C=O) groups is 2. The average molecular weight is 194 g/mol. The van der Waals surface area contributed by atoms with E-state index >= 15 is 0 Å². The third-order valence-corrected chi connectivity index (χ3v) is 1.12. The minimum atomic E-state index is -3.99. The molecule has 8 heteroatoms. The highest BCUT2D eigenvalue weighted by Crippen LogP contribution is 2.13. The van der Waals surface area contributed by atoms with E-state index in [-0.39, 0.29) is 6.61 Å². The molecular weight excluding hydrogens is 187 g/mol. The van der Waals surface area contributed by atoms with E-state index < -0.39 is 22.6 Å². The van der Waals surface area contributed by atoms with Crippen LogP contribution in [0.5, 0.6) is 0 Å². The van der Waals surface area contributed by atoms with Gasteiger partial charge in [0.15, 0.2) is 0 Å². The summed E-state index contributed by atoms with van der Waals surface area (Å²) >= 11 is 0. The van der Waals surface area contributed by atoms with Crippen molar-refractivity contribution in [2.45, 2.75) is 12.7 Å². The number of hydrogen-bond acceptors (Lipinski definition) is 5. The largest absolute Gasteiger partial charge is 0.533 e. The van der Waals surface area contributed by atoms with E-state index in [4.69, 9.17) is 0 Å².